The van der Waals surface area contributed by atoms with Crippen LogP contribution in [0.25, 0.3) is 0 Å². The third-order valence-electron chi connectivity index (χ3n) is 2.88. The molecule has 0 bridgehead atoms. The predicted octanol–water partition coefficient (Wildman–Crippen LogP) is 2.89. The molecule has 1 saturated heterocycles. The van der Waals surface area contributed by atoms with Crippen LogP contribution in [0.3, 0.4) is 0 Å². The lowest BCUT2D eigenvalue weighted by Gasteiger charge is -2.15. The average Bonchev–Trinajstić information content (AvgIpc) is 2.55. The van der Waals surface area contributed by atoms with Crippen molar-refractivity contribution in [3.8, 4) is 0 Å². The summed E-state index contributed by atoms with van der Waals surface area (Å²) in [6.45, 7) is 5.40. The maximum atomic E-state index is 13.9. The monoisotopic (exact) mass is 265 g/mol. The predicted molar refractivity (Wildman–Crippen MR) is 71.0 cm³/mol. The summed E-state index contributed by atoms with van der Waals surface area (Å²) in [5.41, 5.74) is 7.86. The average molecular weight is 266 g/mol. The Morgan fingerprint density at radius 3 is 2.78 bits per heavy atom. The first-order valence-electron chi connectivity index (χ1n) is 5.37. The van der Waals surface area contributed by atoms with Gasteiger partial charge in [-0.3, -0.25) is 5.41 Å². The van der Waals surface area contributed by atoms with Crippen LogP contribution < -0.4 is 11.1 Å². The quantitative estimate of drug-likeness (QED) is 0.731. The number of benzene rings is 1. The topological polar surface area (TPSA) is 61.9 Å². The molecule has 0 aliphatic carbocycles. The Morgan fingerprint density at radius 1 is 1.56 bits per heavy atom. The van der Waals surface area contributed by atoms with E-state index >= 15 is 0 Å². The maximum Gasteiger partial charge on any atom is 0.130 e. The molecule has 1 unspecified atom stereocenters. The molecule has 0 radical (unpaired) electrons. The van der Waals surface area contributed by atoms with Gasteiger partial charge in [-0.05, 0) is 19.1 Å². The second kappa shape index (κ2) is 4.46. The van der Waals surface area contributed by atoms with Crippen molar-refractivity contribution in [1.82, 2.24) is 5.32 Å². The molecule has 1 atom stereocenters. The molecule has 1 aliphatic heterocycles. The Bertz CT molecular complexity index is 574. The number of hydrogen-bond acceptors (Lipinski definition) is 3. The van der Waals surface area contributed by atoms with Gasteiger partial charge in [-0.2, -0.15) is 0 Å². The maximum absolute atomic E-state index is 13.9. The number of allylic oxidation sites excluding steroid dienone is 2. The van der Waals surface area contributed by atoms with Crippen LogP contribution >= 0.6 is 11.6 Å². The highest BCUT2D eigenvalue weighted by Gasteiger charge is 2.32. The van der Waals surface area contributed by atoms with Crippen LogP contribution in [0.5, 0.6) is 0 Å². The van der Waals surface area contributed by atoms with Crippen molar-refractivity contribution in [3.05, 3.63) is 58.1 Å². The summed E-state index contributed by atoms with van der Waals surface area (Å²) in [7, 11) is 0. The number of nitrogens with two attached hydrogens (primary N) is 1. The minimum absolute atomic E-state index is 0.217. The molecule has 0 amide bonds. The van der Waals surface area contributed by atoms with E-state index in [2.05, 4.69) is 11.9 Å². The van der Waals surface area contributed by atoms with Crippen LogP contribution in [0, 0.1) is 11.2 Å². The van der Waals surface area contributed by atoms with Crippen molar-refractivity contribution in [2.45, 2.75) is 13.0 Å². The minimum Gasteiger partial charge on any atom is -0.402 e. The first-order valence-corrected chi connectivity index (χ1v) is 5.75. The standard InChI is InChI=1S/C13H13ClFN3/c1-6(16)11-12(17)7(2)18-13(11)9-4-3-8(14)5-10(9)15/h3-5,13,17-18H,2,16H2,1H3/b11-6+,17-12?. The molecule has 0 saturated carbocycles. The zero-order chi connectivity index (χ0) is 13.4. The molecule has 18 heavy (non-hydrogen) atoms. The molecular weight excluding hydrogens is 253 g/mol. The summed E-state index contributed by atoms with van der Waals surface area (Å²) in [5.74, 6) is -0.429. The molecule has 2 rings (SSSR count). The van der Waals surface area contributed by atoms with E-state index < -0.39 is 11.9 Å². The SMILES string of the molecule is C=C1NC(c2ccc(Cl)cc2F)/C(=C(\C)N)C1=N. The zero-order valence-electron chi connectivity index (χ0n) is 9.85. The Hall–Kier alpha value is -1.81. The molecule has 3 nitrogen and oxygen atoms in total. The van der Waals surface area contributed by atoms with Gasteiger partial charge in [-0.15, -0.1) is 0 Å². The lowest BCUT2D eigenvalue weighted by Crippen LogP contribution is -2.16. The van der Waals surface area contributed by atoms with Gasteiger partial charge in [0.25, 0.3) is 0 Å². The van der Waals surface area contributed by atoms with Crippen molar-refractivity contribution in [2.75, 3.05) is 0 Å². The van der Waals surface area contributed by atoms with E-state index in [0.717, 1.165) is 0 Å². The fraction of sp³-hybridized carbons (Fsp3) is 0.154. The summed E-state index contributed by atoms with van der Waals surface area (Å²) >= 11 is 5.72. The van der Waals surface area contributed by atoms with Crippen LogP contribution in [-0.2, 0) is 0 Å². The third kappa shape index (κ3) is 1.99. The highest BCUT2D eigenvalue weighted by Crippen LogP contribution is 2.34. The minimum atomic E-state index is -0.479. The van der Waals surface area contributed by atoms with Crippen molar-refractivity contribution >= 4 is 17.3 Å². The van der Waals surface area contributed by atoms with Crippen LogP contribution in [0.15, 0.2) is 41.7 Å². The molecule has 0 aromatic heterocycles. The van der Waals surface area contributed by atoms with E-state index in [1.165, 1.54) is 6.07 Å². The van der Waals surface area contributed by atoms with Gasteiger partial charge in [0.1, 0.15) is 5.82 Å². The van der Waals surface area contributed by atoms with Crippen LogP contribution in [0.2, 0.25) is 5.02 Å². The van der Waals surface area contributed by atoms with Crippen LogP contribution in [0.4, 0.5) is 4.39 Å². The van der Waals surface area contributed by atoms with E-state index in [1.807, 2.05) is 0 Å². The van der Waals surface area contributed by atoms with E-state index in [9.17, 15) is 4.39 Å². The van der Waals surface area contributed by atoms with Gasteiger partial charge in [0.05, 0.1) is 17.5 Å². The van der Waals surface area contributed by atoms with Gasteiger partial charge in [0.2, 0.25) is 0 Å². The van der Waals surface area contributed by atoms with E-state index in [1.54, 1.807) is 19.1 Å². The zero-order valence-corrected chi connectivity index (χ0v) is 10.6. The fourth-order valence-corrected chi connectivity index (χ4v) is 2.18. The van der Waals surface area contributed by atoms with Gasteiger partial charge >= 0.3 is 0 Å². The summed E-state index contributed by atoms with van der Waals surface area (Å²) in [6, 6.07) is 3.96. The number of hydrogen-bond donors (Lipinski definition) is 3. The first-order chi connectivity index (χ1) is 8.41. The Balaban J connectivity index is 2.54. The molecule has 1 aliphatic rings. The normalized spacial score (nSPS) is 22.1. The van der Waals surface area contributed by atoms with Crippen molar-refractivity contribution < 1.29 is 4.39 Å². The second-order valence-corrected chi connectivity index (χ2v) is 4.63. The summed E-state index contributed by atoms with van der Waals surface area (Å²) in [5, 5.41) is 11.2. The highest BCUT2D eigenvalue weighted by molar-refractivity contribution is 6.30. The Labute approximate surface area is 110 Å². The van der Waals surface area contributed by atoms with Gasteiger partial charge in [0.15, 0.2) is 0 Å². The van der Waals surface area contributed by atoms with Gasteiger partial charge in [-0.25, -0.2) is 4.39 Å². The molecule has 4 N–H and O–H groups in total. The van der Waals surface area contributed by atoms with Crippen molar-refractivity contribution in [1.29, 1.82) is 5.41 Å². The largest absolute Gasteiger partial charge is 0.402 e. The first kappa shape index (κ1) is 12.6. The summed E-state index contributed by atoms with van der Waals surface area (Å²) in [4.78, 5) is 0. The molecule has 0 spiro atoms. The van der Waals surface area contributed by atoms with E-state index in [4.69, 9.17) is 22.7 Å². The second-order valence-electron chi connectivity index (χ2n) is 4.19. The smallest absolute Gasteiger partial charge is 0.130 e. The van der Waals surface area contributed by atoms with E-state index in [0.29, 0.717) is 27.6 Å². The van der Waals surface area contributed by atoms with Crippen molar-refractivity contribution in [2.24, 2.45) is 5.73 Å². The van der Waals surface area contributed by atoms with Crippen LogP contribution in [0.1, 0.15) is 18.5 Å². The molecule has 5 heteroatoms. The lowest BCUT2D eigenvalue weighted by molar-refractivity contribution is 0.588. The van der Waals surface area contributed by atoms with Crippen molar-refractivity contribution in [3.63, 3.8) is 0 Å². The fourth-order valence-electron chi connectivity index (χ4n) is 2.02. The van der Waals surface area contributed by atoms with Gasteiger partial charge in [-0.1, -0.05) is 24.2 Å². The lowest BCUT2D eigenvalue weighted by atomic mass is 9.97. The number of rotatable bonds is 1. The molecule has 94 valence electrons. The highest BCUT2D eigenvalue weighted by atomic mass is 35.5. The molecular formula is C13H13ClFN3. The molecule has 1 aromatic rings. The molecule has 1 heterocycles. The summed E-state index contributed by atoms with van der Waals surface area (Å²) in [6.07, 6.45) is 0. The summed E-state index contributed by atoms with van der Waals surface area (Å²) < 4.78 is 13.9. The van der Waals surface area contributed by atoms with E-state index in [-0.39, 0.29) is 5.71 Å². The third-order valence-corrected chi connectivity index (χ3v) is 3.11. The Kier molecular flexibility index (Phi) is 3.13. The van der Waals surface area contributed by atoms with Crippen LogP contribution in [-0.4, -0.2) is 5.71 Å². The number of nitrogens with one attached hydrogen (secondary N) is 2. The van der Waals surface area contributed by atoms with Gasteiger partial charge < -0.3 is 11.1 Å². The number of halogens is 2. The molecule has 1 aromatic carbocycles. The molecule has 1 fully saturated rings. The Morgan fingerprint density at radius 2 is 2.22 bits per heavy atom. The van der Waals surface area contributed by atoms with Gasteiger partial charge in [0, 0.05) is 21.9 Å².